The summed E-state index contributed by atoms with van der Waals surface area (Å²) in [5.41, 5.74) is 0. The van der Waals surface area contributed by atoms with Crippen LogP contribution in [0.5, 0.6) is 0 Å². The van der Waals surface area contributed by atoms with E-state index in [0.717, 1.165) is 0 Å². The maximum atomic E-state index is 8.56. The van der Waals surface area contributed by atoms with Crippen LogP contribution in [-0.2, 0) is 0 Å². The summed E-state index contributed by atoms with van der Waals surface area (Å²) in [6.07, 6.45) is 2.01. The van der Waals surface area contributed by atoms with E-state index in [4.69, 9.17) is 15.0 Å². The van der Waals surface area contributed by atoms with Crippen molar-refractivity contribution in [2.75, 3.05) is 0 Å². The summed E-state index contributed by atoms with van der Waals surface area (Å²) < 4.78 is 0. The van der Waals surface area contributed by atoms with Gasteiger partial charge in [-0.2, -0.15) is 0 Å². The molecule has 4 heteroatoms. The first-order valence-corrected chi connectivity index (χ1v) is 4.70. The van der Waals surface area contributed by atoms with E-state index in [1.54, 1.807) is 0 Å². The topological polar surface area (TPSA) is 57.5 Å². The van der Waals surface area contributed by atoms with Gasteiger partial charge in [-0.05, 0) is 24.4 Å². The molecule has 0 aliphatic carbocycles. The summed E-state index contributed by atoms with van der Waals surface area (Å²) in [6.45, 7) is 6.75. The predicted octanol–water partition coefficient (Wildman–Crippen LogP) is 3.05. The predicted molar refractivity (Wildman–Crippen MR) is 54.0 cm³/mol. The highest BCUT2D eigenvalue weighted by Gasteiger charge is 2.15. The van der Waals surface area contributed by atoms with Gasteiger partial charge >= 0.3 is 6.16 Å². The number of rotatable bonds is 3. The molecule has 12 heavy (non-hydrogen) atoms. The minimum absolute atomic E-state index is 0.542. The van der Waals surface area contributed by atoms with Crippen molar-refractivity contribution < 1.29 is 15.0 Å². The molecule has 0 aromatic rings. The summed E-state index contributed by atoms with van der Waals surface area (Å²) in [5.74, 6) is 0. The number of hydrogen-bond donors (Lipinski definition) is 2. The quantitative estimate of drug-likeness (QED) is 0.679. The summed E-state index contributed by atoms with van der Waals surface area (Å²) >= 11 is 0. The molecular formula is C8H19O3P. The fourth-order valence-corrected chi connectivity index (χ4v) is 0.750. The van der Waals surface area contributed by atoms with Crippen molar-refractivity contribution in [3.8, 4) is 0 Å². The Morgan fingerprint density at radius 2 is 1.33 bits per heavy atom. The van der Waals surface area contributed by atoms with E-state index in [1.807, 2.05) is 0 Å². The van der Waals surface area contributed by atoms with Crippen LogP contribution in [0.1, 0.15) is 40.0 Å². The number of carboxylic acid groups (broad SMARTS) is 2. The van der Waals surface area contributed by atoms with Crippen LogP contribution >= 0.6 is 9.24 Å². The van der Waals surface area contributed by atoms with E-state index in [-0.39, 0.29) is 0 Å². The minimum Gasteiger partial charge on any atom is -0.450 e. The molecule has 0 spiro atoms. The lowest BCUT2D eigenvalue weighted by molar-refractivity contribution is 0.137. The van der Waals surface area contributed by atoms with Gasteiger partial charge in [0.25, 0.3) is 0 Å². The molecule has 0 heterocycles. The maximum absolute atomic E-state index is 8.56. The molecule has 0 aromatic carbocycles. The SMILES string of the molecule is CCC(P)(CC)CC.O=C(O)O. The van der Waals surface area contributed by atoms with Gasteiger partial charge in [-0.3, -0.25) is 0 Å². The monoisotopic (exact) mass is 194 g/mol. The fraction of sp³-hybridized carbons (Fsp3) is 0.875. The van der Waals surface area contributed by atoms with Crippen molar-refractivity contribution in [2.24, 2.45) is 0 Å². The second kappa shape index (κ2) is 7.35. The highest BCUT2D eigenvalue weighted by Crippen LogP contribution is 2.29. The molecule has 0 rings (SSSR count). The van der Waals surface area contributed by atoms with Crippen molar-refractivity contribution in [3.63, 3.8) is 0 Å². The van der Waals surface area contributed by atoms with Crippen LogP contribution in [0.4, 0.5) is 4.79 Å². The van der Waals surface area contributed by atoms with Gasteiger partial charge in [0.05, 0.1) is 0 Å². The zero-order chi connectivity index (χ0) is 10.2. The van der Waals surface area contributed by atoms with E-state index < -0.39 is 6.16 Å². The van der Waals surface area contributed by atoms with Crippen molar-refractivity contribution in [2.45, 2.75) is 45.2 Å². The van der Waals surface area contributed by atoms with Crippen LogP contribution in [0.2, 0.25) is 0 Å². The standard InChI is InChI=1S/C7H17P.CH2O3/c1-4-7(8,5-2)6-3;2-1(3)4/h4-6,8H2,1-3H3;(H2,2,3,4). The molecule has 1 atom stereocenters. The van der Waals surface area contributed by atoms with Gasteiger partial charge in [-0.15, -0.1) is 9.24 Å². The van der Waals surface area contributed by atoms with Crippen molar-refractivity contribution in [3.05, 3.63) is 0 Å². The lowest BCUT2D eigenvalue weighted by atomic mass is 9.99. The van der Waals surface area contributed by atoms with Crippen LogP contribution in [0.3, 0.4) is 0 Å². The first-order valence-electron chi connectivity index (χ1n) is 4.12. The highest BCUT2D eigenvalue weighted by atomic mass is 31.0. The summed E-state index contributed by atoms with van der Waals surface area (Å²) in [5, 5.41) is 14.5. The molecule has 1 unspecified atom stereocenters. The molecular weight excluding hydrogens is 175 g/mol. The zero-order valence-corrected chi connectivity index (χ0v) is 9.16. The van der Waals surface area contributed by atoms with Gasteiger partial charge in [-0.1, -0.05) is 20.8 Å². The third kappa shape index (κ3) is 9.70. The molecule has 3 nitrogen and oxygen atoms in total. The number of carbonyl (C=O) groups is 1. The first kappa shape index (κ1) is 14.2. The first-order chi connectivity index (χ1) is 5.41. The largest absolute Gasteiger partial charge is 0.503 e. The van der Waals surface area contributed by atoms with Crippen LogP contribution < -0.4 is 0 Å². The smallest absolute Gasteiger partial charge is 0.450 e. The third-order valence-corrected chi connectivity index (χ3v) is 3.34. The minimum atomic E-state index is -1.83. The third-order valence-electron chi connectivity index (χ3n) is 2.11. The summed E-state index contributed by atoms with van der Waals surface area (Å²) in [4.78, 5) is 8.56. The Labute approximate surface area is 76.4 Å². The van der Waals surface area contributed by atoms with E-state index in [1.165, 1.54) is 19.3 Å². The van der Waals surface area contributed by atoms with Gasteiger partial charge < -0.3 is 10.2 Å². The van der Waals surface area contributed by atoms with E-state index in [2.05, 4.69) is 30.0 Å². The number of hydrogen-bond acceptors (Lipinski definition) is 1. The molecule has 0 aliphatic heterocycles. The molecule has 0 amide bonds. The Bertz CT molecular complexity index is 109. The lowest BCUT2D eigenvalue weighted by Gasteiger charge is -2.23. The van der Waals surface area contributed by atoms with Gasteiger partial charge in [-0.25, -0.2) is 4.79 Å². The van der Waals surface area contributed by atoms with Gasteiger partial charge in [0, 0.05) is 0 Å². The van der Waals surface area contributed by atoms with Crippen molar-refractivity contribution >= 4 is 15.4 Å². The van der Waals surface area contributed by atoms with Gasteiger partial charge in [0.2, 0.25) is 0 Å². The molecule has 0 fully saturated rings. The lowest BCUT2D eigenvalue weighted by Crippen LogP contribution is -2.15. The fourth-order valence-electron chi connectivity index (χ4n) is 0.750. The highest BCUT2D eigenvalue weighted by molar-refractivity contribution is 7.18. The molecule has 0 bridgehead atoms. The van der Waals surface area contributed by atoms with Crippen LogP contribution in [0.15, 0.2) is 0 Å². The van der Waals surface area contributed by atoms with Crippen molar-refractivity contribution in [1.82, 2.24) is 0 Å². The Balaban J connectivity index is 0. The molecule has 0 radical (unpaired) electrons. The van der Waals surface area contributed by atoms with Crippen LogP contribution in [0.25, 0.3) is 0 Å². The molecule has 0 aliphatic rings. The second-order valence-electron chi connectivity index (χ2n) is 2.71. The van der Waals surface area contributed by atoms with Gasteiger partial charge in [0.15, 0.2) is 0 Å². The van der Waals surface area contributed by atoms with E-state index in [9.17, 15) is 0 Å². The molecule has 0 saturated heterocycles. The second-order valence-corrected chi connectivity index (χ2v) is 3.93. The summed E-state index contributed by atoms with van der Waals surface area (Å²) in [6, 6.07) is 0. The summed E-state index contributed by atoms with van der Waals surface area (Å²) in [7, 11) is 2.94. The Kier molecular flexibility index (Phi) is 8.73. The van der Waals surface area contributed by atoms with E-state index >= 15 is 0 Å². The average Bonchev–Trinajstić information content (AvgIpc) is 2.02. The Morgan fingerprint density at radius 1 is 1.17 bits per heavy atom. The molecule has 0 saturated carbocycles. The van der Waals surface area contributed by atoms with Crippen LogP contribution in [0, 0.1) is 0 Å². The average molecular weight is 194 g/mol. The normalized spacial score (nSPS) is 10.0. The molecule has 2 N–H and O–H groups in total. The maximum Gasteiger partial charge on any atom is 0.503 e. The van der Waals surface area contributed by atoms with Crippen LogP contribution in [-0.4, -0.2) is 21.5 Å². The van der Waals surface area contributed by atoms with Crippen molar-refractivity contribution in [1.29, 1.82) is 0 Å². The zero-order valence-electron chi connectivity index (χ0n) is 8.00. The Morgan fingerprint density at radius 3 is 1.33 bits per heavy atom. The Hall–Kier alpha value is -0.300. The molecule has 0 aromatic heterocycles. The van der Waals surface area contributed by atoms with Gasteiger partial charge in [0.1, 0.15) is 0 Å². The molecule has 74 valence electrons. The van der Waals surface area contributed by atoms with E-state index in [0.29, 0.717) is 5.16 Å².